The van der Waals surface area contributed by atoms with Gasteiger partial charge in [0.05, 0.1) is 0 Å². The summed E-state index contributed by atoms with van der Waals surface area (Å²) in [4.78, 5) is 0.200. The molecule has 1 aromatic carbocycles. The lowest BCUT2D eigenvalue weighted by Gasteiger charge is -2.23. The Morgan fingerprint density at radius 3 is 1.62 bits per heavy atom. The average molecular weight is 416 g/mol. The molecule has 0 aliphatic heterocycles. The molecule has 7 heteroatoms. The third-order valence-corrected chi connectivity index (χ3v) is 5.43. The first-order valence-corrected chi connectivity index (χ1v) is 10.4. The Kier molecular flexibility index (Phi) is 7.47. The summed E-state index contributed by atoms with van der Waals surface area (Å²) < 4.78 is 28.9. The summed E-state index contributed by atoms with van der Waals surface area (Å²) in [6, 6.07) is 3.87. The summed E-state index contributed by atoms with van der Waals surface area (Å²) in [5, 5.41) is 0. The molecule has 3 nitrogen and oxygen atoms in total. The molecule has 0 N–H and O–H groups in total. The van der Waals surface area contributed by atoms with E-state index in [1.807, 2.05) is 39.8 Å². The third-order valence-electron chi connectivity index (χ3n) is 3.71. The zero-order chi connectivity index (χ0) is 18.9. The van der Waals surface area contributed by atoms with Gasteiger partial charge in [-0.05, 0) is 34.4 Å². The molecule has 1 aromatic rings. The van der Waals surface area contributed by atoms with Crippen LogP contribution in [0.3, 0.4) is 0 Å². The molecule has 24 heavy (non-hydrogen) atoms. The Morgan fingerprint density at radius 1 is 0.917 bits per heavy atom. The Morgan fingerprint density at radius 2 is 1.33 bits per heavy atom. The summed E-state index contributed by atoms with van der Waals surface area (Å²) in [5.74, 6) is 0.323. The molecule has 138 valence electrons. The molecule has 0 saturated heterocycles. The summed E-state index contributed by atoms with van der Waals surface area (Å²) >= 11 is 16.9. The normalized spacial score (nSPS) is 13.3. The molecule has 0 aliphatic rings. The van der Waals surface area contributed by atoms with Crippen LogP contribution in [0.25, 0.3) is 0 Å². The van der Waals surface area contributed by atoms with Crippen molar-refractivity contribution in [1.29, 1.82) is 0 Å². The SMILES string of the molecule is CC(C)c1cc(C(C)C)c(S(=O)(=O)OCC(Cl)(Cl)Cl)c(C(C)C)c1. The van der Waals surface area contributed by atoms with Crippen molar-refractivity contribution < 1.29 is 12.6 Å². The Balaban J connectivity index is 3.59. The van der Waals surface area contributed by atoms with E-state index >= 15 is 0 Å². The van der Waals surface area contributed by atoms with E-state index in [0.29, 0.717) is 5.92 Å². The lowest BCUT2D eigenvalue weighted by Crippen LogP contribution is -2.20. The average Bonchev–Trinajstić information content (AvgIpc) is 2.42. The first kappa shape index (κ1) is 22.0. The Labute approximate surface area is 160 Å². The van der Waals surface area contributed by atoms with Gasteiger partial charge in [-0.15, -0.1) is 0 Å². The predicted molar refractivity (Wildman–Crippen MR) is 102 cm³/mol. The maximum Gasteiger partial charge on any atom is 0.297 e. The van der Waals surface area contributed by atoms with Gasteiger partial charge in [0.25, 0.3) is 10.1 Å². The number of alkyl halides is 3. The van der Waals surface area contributed by atoms with E-state index in [0.717, 1.165) is 16.7 Å². The highest BCUT2D eigenvalue weighted by Crippen LogP contribution is 2.37. The van der Waals surface area contributed by atoms with Crippen LogP contribution in [-0.4, -0.2) is 18.8 Å². The molecule has 0 amide bonds. The topological polar surface area (TPSA) is 43.4 Å². The minimum Gasteiger partial charge on any atom is -0.262 e. The van der Waals surface area contributed by atoms with Crippen molar-refractivity contribution in [2.45, 2.75) is 68.0 Å². The first-order valence-electron chi connectivity index (χ1n) is 7.90. The fraction of sp³-hybridized carbons (Fsp3) is 0.647. The van der Waals surface area contributed by atoms with E-state index in [1.54, 1.807) is 0 Å². The number of hydrogen-bond donors (Lipinski definition) is 0. The van der Waals surface area contributed by atoms with Crippen LogP contribution in [0.2, 0.25) is 0 Å². The van der Waals surface area contributed by atoms with Crippen molar-refractivity contribution in [2.75, 3.05) is 6.61 Å². The lowest BCUT2D eigenvalue weighted by molar-refractivity contribution is 0.324. The molecule has 0 bridgehead atoms. The fourth-order valence-corrected chi connectivity index (χ4v) is 4.36. The van der Waals surface area contributed by atoms with Crippen LogP contribution in [0.5, 0.6) is 0 Å². The van der Waals surface area contributed by atoms with Crippen LogP contribution in [0.4, 0.5) is 0 Å². The van der Waals surface area contributed by atoms with E-state index < -0.39 is 20.5 Å². The van der Waals surface area contributed by atoms with Crippen molar-refractivity contribution in [1.82, 2.24) is 0 Å². The molecule has 0 saturated carbocycles. The summed E-state index contributed by atoms with van der Waals surface area (Å²) in [5.41, 5.74) is 2.56. The molecular weight excluding hydrogens is 391 g/mol. The van der Waals surface area contributed by atoms with Gasteiger partial charge in [-0.2, -0.15) is 8.42 Å². The quantitative estimate of drug-likeness (QED) is 0.414. The second-order valence-corrected chi connectivity index (χ2v) is 10.9. The zero-order valence-corrected chi connectivity index (χ0v) is 17.9. The van der Waals surface area contributed by atoms with Gasteiger partial charge in [0.1, 0.15) is 11.5 Å². The number of hydrogen-bond acceptors (Lipinski definition) is 3. The minimum atomic E-state index is -4.04. The van der Waals surface area contributed by atoms with Gasteiger partial charge in [0, 0.05) is 0 Å². The van der Waals surface area contributed by atoms with Gasteiger partial charge in [0.2, 0.25) is 3.79 Å². The highest BCUT2D eigenvalue weighted by atomic mass is 35.6. The van der Waals surface area contributed by atoms with Gasteiger partial charge >= 0.3 is 0 Å². The van der Waals surface area contributed by atoms with Crippen LogP contribution >= 0.6 is 34.8 Å². The molecular formula is C17H25Cl3O3S. The smallest absolute Gasteiger partial charge is 0.262 e. The zero-order valence-electron chi connectivity index (χ0n) is 14.9. The number of rotatable bonds is 6. The molecule has 0 heterocycles. The van der Waals surface area contributed by atoms with Crippen LogP contribution in [0.1, 0.15) is 76.0 Å². The van der Waals surface area contributed by atoms with Crippen molar-refractivity contribution in [3.8, 4) is 0 Å². The first-order chi connectivity index (χ1) is 10.8. The Bertz CT molecular complexity index is 646. The lowest BCUT2D eigenvalue weighted by atomic mass is 9.89. The molecule has 0 unspecified atom stereocenters. The van der Waals surface area contributed by atoms with Crippen LogP contribution < -0.4 is 0 Å². The molecule has 1 rings (SSSR count). The maximum atomic E-state index is 12.8. The monoisotopic (exact) mass is 414 g/mol. The van der Waals surface area contributed by atoms with E-state index in [4.69, 9.17) is 39.0 Å². The fourth-order valence-electron chi connectivity index (χ4n) is 2.38. The van der Waals surface area contributed by atoms with E-state index in [2.05, 4.69) is 13.8 Å². The van der Waals surface area contributed by atoms with E-state index in [1.165, 1.54) is 0 Å². The Hall–Kier alpha value is -0.000000000000000167. The van der Waals surface area contributed by atoms with Gasteiger partial charge in [0.15, 0.2) is 0 Å². The van der Waals surface area contributed by atoms with Crippen molar-refractivity contribution in [3.05, 3.63) is 28.8 Å². The summed E-state index contributed by atoms with van der Waals surface area (Å²) in [6.45, 7) is 11.5. The highest BCUT2D eigenvalue weighted by molar-refractivity contribution is 7.86. The van der Waals surface area contributed by atoms with Gasteiger partial charge in [-0.25, -0.2) is 0 Å². The maximum absolute atomic E-state index is 12.8. The molecule has 0 fully saturated rings. The minimum absolute atomic E-state index is 0.0161. The second-order valence-electron chi connectivity index (χ2n) is 6.82. The van der Waals surface area contributed by atoms with Crippen LogP contribution in [0, 0.1) is 0 Å². The largest absolute Gasteiger partial charge is 0.297 e. The van der Waals surface area contributed by atoms with Crippen molar-refractivity contribution in [3.63, 3.8) is 0 Å². The standard InChI is InChI=1S/C17H25Cl3O3S/c1-10(2)13-7-14(11(3)4)16(15(8-13)12(5)6)24(21,22)23-9-17(18,19)20/h7-8,10-12H,9H2,1-6H3. The predicted octanol–water partition coefficient (Wildman–Crippen LogP) is 6.13. The highest BCUT2D eigenvalue weighted by Gasteiger charge is 2.31. The second kappa shape index (κ2) is 8.13. The summed E-state index contributed by atoms with van der Waals surface area (Å²) in [6.07, 6.45) is 0. The van der Waals surface area contributed by atoms with E-state index in [-0.39, 0.29) is 16.7 Å². The number of halogens is 3. The van der Waals surface area contributed by atoms with Gasteiger partial charge < -0.3 is 0 Å². The molecule has 0 radical (unpaired) electrons. The van der Waals surface area contributed by atoms with Gasteiger partial charge in [-0.1, -0.05) is 88.5 Å². The van der Waals surface area contributed by atoms with Gasteiger partial charge in [-0.3, -0.25) is 4.18 Å². The van der Waals surface area contributed by atoms with Crippen molar-refractivity contribution in [2.24, 2.45) is 0 Å². The number of benzene rings is 1. The van der Waals surface area contributed by atoms with E-state index in [9.17, 15) is 8.42 Å². The molecule has 0 aliphatic carbocycles. The molecule has 0 spiro atoms. The summed E-state index contributed by atoms with van der Waals surface area (Å²) in [7, 11) is -4.04. The van der Waals surface area contributed by atoms with Crippen LogP contribution in [-0.2, 0) is 14.3 Å². The third kappa shape index (κ3) is 5.77. The molecule has 0 aromatic heterocycles. The van der Waals surface area contributed by atoms with Crippen molar-refractivity contribution >= 4 is 44.9 Å². The van der Waals surface area contributed by atoms with Crippen LogP contribution in [0.15, 0.2) is 17.0 Å². The molecule has 0 atom stereocenters.